The number of amides is 1. The van der Waals surface area contributed by atoms with Gasteiger partial charge >= 0.3 is 0 Å². The van der Waals surface area contributed by atoms with Crippen LogP contribution in [-0.4, -0.2) is 32.5 Å². The van der Waals surface area contributed by atoms with Gasteiger partial charge in [0.05, 0.1) is 11.8 Å². The van der Waals surface area contributed by atoms with Gasteiger partial charge in [0.25, 0.3) is 5.56 Å². The van der Waals surface area contributed by atoms with Gasteiger partial charge in [0, 0.05) is 25.3 Å². The van der Waals surface area contributed by atoms with Crippen LogP contribution in [0.3, 0.4) is 0 Å². The molecular formula is C11H14N4O2S2. The summed E-state index contributed by atoms with van der Waals surface area (Å²) in [7, 11) is 5.05. The van der Waals surface area contributed by atoms with Gasteiger partial charge in [-0.25, -0.2) is 4.98 Å². The number of fused-ring (bicyclic) bond motifs is 1. The highest BCUT2D eigenvalue weighted by molar-refractivity contribution is 8.76. The molecule has 2 aromatic rings. The normalized spacial score (nSPS) is 10.8. The Kier molecular flexibility index (Phi) is 4.54. The van der Waals surface area contributed by atoms with Crippen molar-refractivity contribution in [3.63, 3.8) is 0 Å². The molecule has 0 aliphatic rings. The van der Waals surface area contributed by atoms with E-state index in [1.807, 2.05) is 6.26 Å². The minimum atomic E-state index is -0.299. The molecule has 0 aliphatic heterocycles. The number of nitrogens with one attached hydrogen (secondary N) is 2. The van der Waals surface area contributed by atoms with Crippen molar-refractivity contribution in [1.29, 1.82) is 0 Å². The van der Waals surface area contributed by atoms with Crippen molar-refractivity contribution in [3.8, 4) is 0 Å². The summed E-state index contributed by atoms with van der Waals surface area (Å²) in [4.78, 5) is 30.1. The van der Waals surface area contributed by atoms with Crippen LogP contribution in [0.4, 0.5) is 5.82 Å². The minimum absolute atomic E-state index is 0.112. The van der Waals surface area contributed by atoms with Gasteiger partial charge in [-0.1, -0.05) is 21.6 Å². The molecule has 6 nitrogen and oxygen atoms in total. The van der Waals surface area contributed by atoms with E-state index < -0.39 is 0 Å². The molecule has 102 valence electrons. The van der Waals surface area contributed by atoms with Crippen LogP contribution in [0, 0.1) is 0 Å². The molecule has 0 saturated carbocycles. The molecule has 0 bridgehead atoms. The maximum Gasteiger partial charge on any atom is 0.277 e. The molecule has 0 aliphatic carbocycles. The van der Waals surface area contributed by atoms with E-state index >= 15 is 0 Å². The molecule has 0 radical (unpaired) electrons. The van der Waals surface area contributed by atoms with E-state index in [9.17, 15) is 9.59 Å². The van der Waals surface area contributed by atoms with E-state index in [1.165, 1.54) is 0 Å². The lowest BCUT2D eigenvalue weighted by Gasteiger charge is -2.05. The zero-order valence-electron chi connectivity index (χ0n) is 10.6. The van der Waals surface area contributed by atoms with Crippen molar-refractivity contribution >= 4 is 44.3 Å². The van der Waals surface area contributed by atoms with Crippen molar-refractivity contribution in [3.05, 3.63) is 22.7 Å². The number of nitrogens with zero attached hydrogens (tertiary/aromatic N) is 2. The summed E-state index contributed by atoms with van der Waals surface area (Å²) in [6.07, 6.45) is 3.95. The van der Waals surface area contributed by atoms with Crippen molar-refractivity contribution in [1.82, 2.24) is 14.5 Å². The van der Waals surface area contributed by atoms with Gasteiger partial charge in [0.15, 0.2) is 5.52 Å². The Bertz CT molecular complexity index is 650. The number of carbonyl (C=O) groups excluding carboxylic acids is 1. The largest absolute Gasteiger partial charge is 0.333 e. The highest BCUT2D eigenvalue weighted by atomic mass is 33.1. The number of aromatic amines is 1. The fourth-order valence-corrected chi connectivity index (χ4v) is 2.82. The molecule has 0 saturated heterocycles. The second-order valence-electron chi connectivity index (χ2n) is 3.89. The van der Waals surface area contributed by atoms with Gasteiger partial charge in [0.2, 0.25) is 5.91 Å². The van der Waals surface area contributed by atoms with Crippen LogP contribution in [0.15, 0.2) is 17.2 Å². The topological polar surface area (TPSA) is 79.8 Å². The molecule has 1 amide bonds. The van der Waals surface area contributed by atoms with E-state index in [0.29, 0.717) is 23.3 Å². The fraction of sp³-hybridized carbons (Fsp3) is 0.364. The Morgan fingerprint density at radius 1 is 1.58 bits per heavy atom. The highest BCUT2D eigenvalue weighted by Crippen LogP contribution is 2.18. The summed E-state index contributed by atoms with van der Waals surface area (Å²) in [5.41, 5.74) is 0.767. The molecule has 2 N–H and O–H groups in total. The van der Waals surface area contributed by atoms with Crippen LogP contribution in [0.2, 0.25) is 0 Å². The van der Waals surface area contributed by atoms with Crippen LogP contribution < -0.4 is 10.9 Å². The predicted molar refractivity (Wildman–Crippen MR) is 80.6 cm³/mol. The standard InChI is InChI=1S/C11H14N4O2S2/c1-15-6-12-10-7(15)5-8(14-11(10)17)13-9(16)3-4-19-18-2/h5-6H,3-4H2,1-2H3,(H2,13,14,16,17). The molecule has 0 spiro atoms. The summed E-state index contributed by atoms with van der Waals surface area (Å²) in [6.45, 7) is 0. The molecule has 2 aromatic heterocycles. The smallest absolute Gasteiger partial charge is 0.277 e. The highest BCUT2D eigenvalue weighted by Gasteiger charge is 2.08. The molecule has 0 fully saturated rings. The number of anilines is 1. The third kappa shape index (κ3) is 3.32. The van der Waals surface area contributed by atoms with Crippen molar-refractivity contribution in [2.24, 2.45) is 7.05 Å². The third-order valence-corrected chi connectivity index (χ3v) is 4.34. The average Bonchev–Trinajstić information content (AvgIpc) is 2.72. The van der Waals surface area contributed by atoms with E-state index in [1.54, 1.807) is 45.6 Å². The maximum atomic E-state index is 11.8. The number of hydrogen-bond donors (Lipinski definition) is 2. The zero-order valence-corrected chi connectivity index (χ0v) is 12.2. The number of imidazole rings is 1. The van der Waals surface area contributed by atoms with E-state index in [4.69, 9.17) is 0 Å². The van der Waals surface area contributed by atoms with Crippen molar-refractivity contribution < 1.29 is 4.79 Å². The molecule has 2 heterocycles. The number of hydrogen-bond acceptors (Lipinski definition) is 5. The average molecular weight is 298 g/mol. The first kappa shape index (κ1) is 14.0. The quantitative estimate of drug-likeness (QED) is 0.647. The first-order valence-corrected chi connectivity index (χ1v) is 8.34. The molecule has 0 aromatic carbocycles. The van der Waals surface area contributed by atoms with Gasteiger partial charge in [-0.3, -0.25) is 9.59 Å². The van der Waals surface area contributed by atoms with E-state index in [2.05, 4.69) is 15.3 Å². The number of aryl methyl sites for hydroxylation is 1. The van der Waals surface area contributed by atoms with Crippen LogP contribution in [-0.2, 0) is 11.8 Å². The molecule has 19 heavy (non-hydrogen) atoms. The zero-order chi connectivity index (χ0) is 13.8. The Labute approximate surface area is 117 Å². The number of carbonyl (C=O) groups is 1. The summed E-state index contributed by atoms with van der Waals surface area (Å²) in [5.74, 6) is 1.03. The Hall–Kier alpha value is -1.41. The first-order valence-electron chi connectivity index (χ1n) is 5.61. The van der Waals surface area contributed by atoms with Crippen LogP contribution in [0.5, 0.6) is 0 Å². The molecule has 2 rings (SSSR count). The summed E-state index contributed by atoms with van der Waals surface area (Å²) >= 11 is 0. The van der Waals surface area contributed by atoms with Gasteiger partial charge < -0.3 is 14.9 Å². The first-order chi connectivity index (χ1) is 9.11. The lowest BCUT2D eigenvalue weighted by atomic mass is 10.3. The van der Waals surface area contributed by atoms with Gasteiger partial charge in [0.1, 0.15) is 5.82 Å². The maximum absolute atomic E-state index is 11.8. The fourth-order valence-electron chi connectivity index (χ4n) is 1.64. The molecule has 8 heteroatoms. The van der Waals surface area contributed by atoms with Crippen molar-refractivity contribution in [2.75, 3.05) is 17.3 Å². The monoisotopic (exact) mass is 298 g/mol. The summed E-state index contributed by atoms with van der Waals surface area (Å²) < 4.78 is 1.74. The molecular weight excluding hydrogens is 284 g/mol. The Morgan fingerprint density at radius 2 is 2.37 bits per heavy atom. The van der Waals surface area contributed by atoms with Gasteiger partial charge in [-0.05, 0) is 6.26 Å². The number of pyridine rings is 1. The number of aromatic nitrogens is 3. The lowest BCUT2D eigenvalue weighted by Crippen LogP contribution is -2.17. The third-order valence-electron chi connectivity index (χ3n) is 2.53. The van der Waals surface area contributed by atoms with Gasteiger partial charge in [-0.15, -0.1) is 0 Å². The summed E-state index contributed by atoms with van der Waals surface area (Å²) in [5, 5.41) is 2.69. The minimum Gasteiger partial charge on any atom is -0.333 e. The Balaban J connectivity index is 2.15. The van der Waals surface area contributed by atoms with Crippen molar-refractivity contribution in [2.45, 2.75) is 6.42 Å². The van der Waals surface area contributed by atoms with Crippen LogP contribution in [0.1, 0.15) is 6.42 Å². The van der Waals surface area contributed by atoms with Crippen LogP contribution >= 0.6 is 21.6 Å². The second-order valence-corrected chi connectivity index (χ2v) is 6.57. The van der Waals surface area contributed by atoms with E-state index in [-0.39, 0.29) is 11.5 Å². The van der Waals surface area contributed by atoms with Gasteiger partial charge in [-0.2, -0.15) is 0 Å². The molecule has 0 unspecified atom stereocenters. The van der Waals surface area contributed by atoms with E-state index in [0.717, 1.165) is 5.75 Å². The number of rotatable bonds is 5. The number of H-pyrrole nitrogens is 1. The lowest BCUT2D eigenvalue weighted by molar-refractivity contribution is -0.115. The SMILES string of the molecule is CSSCCC(=O)Nc1cc2c(ncn2C)c(=O)[nH]1. The predicted octanol–water partition coefficient (Wildman–Crippen LogP) is 1.60. The molecule has 0 atom stereocenters. The second kappa shape index (κ2) is 6.16. The van der Waals surface area contributed by atoms with Crippen LogP contribution in [0.25, 0.3) is 11.0 Å². The summed E-state index contributed by atoms with van der Waals surface area (Å²) in [6, 6.07) is 1.71. The Morgan fingerprint density at radius 3 is 3.11 bits per heavy atom.